The number of aromatic nitrogens is 4. The molecule has 1 atom stereocenters. The van der Waals surface area contributed by atoms with Gasteiger partial charge in [-0.25, -0.2) is 4.68 Å². The summed E-state index contributed by atoms with van der Waals surface area (Å²) in [6.45, 7) is 0. The third-order valence-electron chi connectivity index (χ3n) is 4.44. The fourth-order valence-corrected chi connectivity index (χ4v) is 2.88. The fraction of sp³-hybridized carbons (Fsp3) is 0.250. The molecule has 0 spiro atoms. The van der Waals surface area contributed by atoms with Crippen LogP contribution in [-0.2, 0) is 9.53 Å². The van der Waals surface area contributed by atoms with Crippen LogP contribution in [0.5, 0.6) is 11.5 Å². The van der Waals surface area contributed by atoms with Crippen molar-refractivity contribution in [3.05, 3.63) is 59.9 Å². The van der Waals surface area contributed by atoms with Gasteiger partial charge in [-0.1, -0.05) is 12.1 Å². The molecule has 0 saturated carbocycles. The quantitative estimate of drug-likeness (QED) is 0.557. The number of nitrogens with one attached hydrogen (secondary N) is 1. The zero-order valence-electron chi connectivity index (χ0n) is 16.7. The number of esters is 1. The summed E-state index contributed by atoms with van der Waals surface area (Å²) in [6.07, 6.45) is 1.38. The lowest BCUT2D eigenvalue weighted by atomic mass is 10.0. The molecule has 10 heteroatoms. The van der Waals surface area contributed by atoms with Crippen LogP contribution in [0.3, 0.4) is 0 Å². The summed E-state index contributed by atoms with van der Waals surface area (Å²) >= 11 is 0. The van der Waals surface area contributed by atoms with E-state index in [2.05, 4.69) is 20.8 Å². The van der Waals surface area contributed by atoms with Crippen molar-refractivity contribution in [3.63, 3.8) is 0 Å². The van der Waals surface area contributed by atoms with Gasteiger partial charge in [0.1, 0.15) is 6.33 Å². The second kappa shape index (κ2) is 9.50. The minimum atomic E-state index is -0.638. The largest absolute Gasteiger partial charge is 0.493 e. The maximum absolute atomic E-state index is 12.9. The molecule has 156 valence electrons. The van der Waals surface area contributed by atoms with Crippen LogP contribution in [0.1, 0.15) is 28.4 Å². The molecule has 0 bridgehead atoms. The first kappa shape index (κ1) is 20.8. The zero-order valence-corrected chi connectivity index (χ0v) is 16.7. The monoisotopic (exact) mass is 411 g/mol. The standard InChI is InChI=1S/C20H21N5O5/c1-28-17-8-7-13(10-18(17)29-2)16(11-19(26)30-3)22-20(27)14-5-4-6-15(9-14)25-12-21-23-24-25/h4-10,12,16H,11H2,1-3H3,(H,22,27)/t16-/m0/s1. The van der Waals surface area contributed by atoms with E-state index in [4.69, 9.17) is 14.2 Å². The van der Waals surface area contributed by atoms with Crippen LogP contribution in [0, 0.1) is 0 Å². The van der Waals surface area contributed by atoms with E-state index in [-0.39, 0.29) is 12.3 Å². The Balaban J connectivity index is 1.87. The van der Waals surface area contributed by atoms with Gasteiger partial charge in [-0.15, -0.1) is 5.10 Å². The Morgan fingerprint density at radius 3 is 2.53 bits per heavy atom. The van der Waals surface area contributed by atoms with Crippen molar-refractivity contribution in [3.8, 4) is 17.2 Å². The fourth-order valence-electron chi connectivity index (χ4n) is 2.88. The van der Waals surface area contributed by atoms with Crippen molar-refractivity contribution in [1.29, 1.82) is 0 Å². The molecular formula is C20H21N5O5. The smallest absolute Gasteiger partial charge is 0.307 e. The van der Waals surface area contributed by atoms with Crippen LogP contribution in [0.2, 0.25) is 0 Å². The number of hydrogen-bond acceptors (Lipinski definition) is 8. The molecule has 3 aromatic rings. The second-order valence-electron chi connectivity index (χ2n) is 6.23. The van der Waals surface area contributed by atoms with Gasteiger partial charge in [0.15, 0.2) is 11.5 Å². The van der Waals surface area contributed by atoms with Crippen LogP contribution < -0.4 is 14.8 Å². The molecule has 1 amide bonds. The third kappa shape index (κ3) is 4.72. The van der Waals surface area contributed by atoms with Crippen molar-refractivity contribution in [2.45, 2.75) is 12.5 Å². The number of carbonyl (C=O) groups excluding carboxylic acids is 2. The minimum Gasteiger partial charge on any atom is -0.493 e. The maximum atomic E-state index is 12.9. The molecule has 1 aromatic heterocycles. The van der Waals surface area contributed by atoms with E-state index in [0.717, 1.165) is 0 Å². The predicted molar refractivity (Wildman–Crippen MR) is 106 cm³/mol. The van der Waals surface area contributed by atoms with E-state index in [9.17, 15) is 9.59 Å². The number of rotatable bonds is 8. The molecule has 0 unspecified atom stereocenters. The highest BCUT2D eigenvalue weighted by atomic mass is 16.5. The van der Waals surface area contributed by atoms with Crippen LogP contribution >= 0.6 is 0 Å². The number of methoxy groups -OCH3 is 3. The molecule has 2 aromatic carbocycles. The van der Waals surface area contributed by atoms with E-state index in [1.807, 2.05) is 0 Å². The summed E-state index contributed by atoms with van der Waals surface area (Å²) in [5, 5.41) is 13.9. The summed E-state index contributed by atoms with van der Waals surface area (Å²) in [4.78, 5) is 24.9. The minimum absolute atomic E-state index is 0.0512. The highest BCUT2D eigenvalue weighted by molar-refractivity contribution is 5.95. The second-order valence-corrected chi connectivity index (χ2v) is 6.23. The van der Waals surface area contributed by atoms with E-state index in [0.29, 0.717) is 28.3 Å². The van der Waals surface area contributed by atoms with Crippen molar-refractivity contribution in [1.82, 2.24) is 25.5 Å². The third-order valence-corrected chi connectivity index (χ3v) is 4.44. The van der Waals surface area contributed by atoms with Gasteiger partial charge in [-0.05, 0) is 46.3 Å². The number of hydrogen-bond donors (Lipinski definition) is 1. The lowest BCUT2D eigenvalue weighted by Gasteiger charge is -2.20. The van der Waals surface area contributed by atoms with Crippen LogP contribution in [0.4, 0.5) is 0 Å². The molecule has 30 heavy (non-hydrogen) atoms. The number of carbonyl (C=O) groups is 2. The Morgan fingerprint density at radius 1 is 1.07 bits per heavy atom. The number of ether oxygens (including phenoxy) is 3. The first-order valence-corrected chi connectivity index (χ1v) is 8.98. The van der Waals surface area contributed by atoms with Gasteiger partial charge >= 0.3 is 5.97 Å². The first-order chi connectivity index (χ1) is 14.5. The number of nitrogens with zero attached hydrogens (tertiary/aromatic N) is 4. The molecule has 0 aliphatic rings. The summed E-state index contributed by atoms with van der Waals surface area (Å²) in [7, 11) is 4.34. The number of tetrazole rings is 1. The van der Waals surface area contributed by atoms with Gasteiger partial charge in [0, 0.05) is 5.56 Å². The lowest BCUT2D eigenvalue weighted by molar-refractivity contribution is -0.141. The van der Waals surface area contributed by atoms with Crippen LogP contribution in [-0.4, -0.2) is 53.4 Å². The Labute approximate surface area is 172 Å². The van der Waals surface area contributed by atoms with E-state index in [1.54, 1.807) is 42.5 Å². The van der Waals surface area contributed by atoms with Crippen molar-refractivity contribution in [2.75, 3.05) is 21.3 Å². The Hall–Kier alpha value is -3.95. The van der Waals surface area contributed by atoms with Crippen LogP contribution in [0.25, 0.3) is 5.69 Å². The average molecular weight is 411 g/mol. The van der Waals surface area contributed by atoms with Gasteiger partial charge in [0.05, 0.1) is 39.5 Å². The van der Waals surface area contributed by atoms with E-state index < -0.39 is 12.0 Å². The highest BCUT2D eigenvalue weighted by Crippen LogP contribution is 2.31. The average Bonchev–Trinajstić information content (AvgIpc) is 3.33. The normalized spacial score (nSPS) is 11.4. The highest BCUT2D eigenvalue weighted by Gasteiger charge is 2.21. The molecule has 10 nitrogen and oxygen atoms in total. The zero-order chi connectivity index (χ0) is 21.5. The van der Waals surface area contributed by atoms with E-state index in [1.165, 1.54) is 32.3 Å². The molecule has 0 aliphatic heterocycles. The Kier molecular flexibility index (Phi) is 6.58. The molecule has 1 N–H and O–H groups in total. The van der Waals surface area contributed by atoms with Gasteiger partial charge in [-0.3, -0.25) is 9.59 Å². The SMILES string of the molecule is COC(=O)C[C@H](NC(=O)c1cccc(-n2cnnn2)c1)c1ccc(OC)c(OC)c1. The summed E-state index contributed by atoms with van der Waals surface area (Å²) < 4.78 is 16.8. The lowest BCUT2D eigenvalue weighted by Crippen LogP contribution is -2.30. The van der Waals surface area contributed by atoms with Gasteiger partial charge in [0.25, 0.3) is 5.91 Å². The van der Waals surface area contributed by atoms with Crippen molar-refractivity contribution < 1.29 is 23.8 Å². The summed E-state index contributed by atoms with van der Waals surface area (Å²) in [5.41, 5.74) is 1.68. The van der Waals surface area contributed by atoms with Crippen LogP contribution in [0.15, 0.2) is 48.8 Å². The predicted octanol–water partition coefficient (Wildman–Crippen LogP) is 1.71. The first-order valence-electron chi connectivity index (χ1n) is 8.98. The van der Waals surface area contributed by atoms with Crippen molar-refractivity contribution in [2.24, 2.45) is 0 Å². The summed E-state index contributed by atoms with van der Waals surface area (Å²) in [5.74, 6) is 0.199. The Bertz CT molecular complexity index is 1020. The van der Waals surface area contributed by atoms with Gasteiger partial charge in [0.2, 0.25) is 0 Å². The Morgan fingerprint density at radius 2 is 1.87 bits per heavy atom. The topological polar surface area (TPSA) is 117 Å². The number of amides is 1. The van der Waals surface area contributed by atoms with Gasteiger partial charge < -0.3 is 19.5 Å². The molecule has 3 rings (SSSR count). The molecule has 0 saturated heterocycles. The maximum Gasteiger partial charge on any atom is 0.307 e. The number of benzene rings is 2. The van der Waals surface area contributed by atoms with Gasteiger partial charge in [-0.2, -0.15) is 0 Å². The molecular weight excluding hydrogens is 390 g/mol. The molecule has 1 heterocycles. The molecule has 0 radical (unpaired) electrons. The molecule has 0 fully saturated rings. The van der Waals surface area contributed by atoms with Crippen molar-refractivity contribution >= 4 is 11.9 Å². The summed E-state index contributed by atoms with van der Waals surface area (Å²) in [6, 6.07) is 11.3. The molecule has 0 aliphatic carbocycles. The van der Waals surface area contributed by atoms with E-state index >= 15 is 0 Å².